The first-order valence-electron chi connectivity index (χ1n) is 6.12. The van der Waals surface area contributed by atoms with Crippen molar-refractivity contribution in [2.45, 2.75) is 6.92 Å². The molecule has 1 aromatic heterocycles. The molecule has 0 bridgehead atoms. The Morgan fingerprint density at radius 1 is 1.42 bits per heavy atom. The molecule has 0 radical (unpaired) electrons. The lowest BCUT2D eigenvalue weighted by atomic mass is 10.1. The van der Waals surface area contributed by atoms with E-state index in [1.54, 1.807) is 18.3 Å². The number of carbonyl (C=O) groups excluding carboxylic acids is 1. The molecule has 19 heavy (non-hydrogen) atoms. The molecule has 1 amide bonds. The molecule has 0 saturated heterocycles. The highest BCUT2D eigenvalue weighted by molar-refractivity contribution is 6.35. The molecular weight excluding hydrogens is 262 g/mol. The number of nitrogens with zero attached hydrogens (tertiary/aromatic N) is 1. The number of nitrogens with one attached hydrogen (secondary N) is 2. The van der Waals surface area contributed by atoms with Crippen LogP contribution in [0.5, 0.6) is 0 Å². The zero-order valence-corrected chi connectivity index (χ0v) is 11.7. The molecule has 1 atom stereocenters. The van der Waals surface area contributed by atoms with Gasteiger partial charge in [-0.15, -0.1) is 0 Å². The summed E-state index contributed by atoms with van der Waals surface area (Å²) >= 11 is 6.09. The van der Waals surface area contributed by atoms with E-state index in [-0.39, 0.29) is 11.8 Å². The second kappa shape index (κ2) is 5.99. The van der Waals surface area contributed by atoms with E-state index in [0.717, 1.165) is 11.1 Å². The van der Waals surface area contributed by atoms with E-state index < -0.39 is 0 Å². The zero-order chi connectivity index (χ0) is 13.8. The highest BCUT2D eigenvalue weighted by Crippen LogP contribution is 2.28. The second-order valence-electron chi connectivity index (χ2n) is 4.44. The lowest BCUT2D eigenvalue weighted by molar-refractivity contribution is -0.119. The Kier molecular flexibility index (Phi) is 4.35. The van der Waals surface area contributed by atoms with Crippen LogP contribution in [0.25, 0.3) is 10.9 Å². The smallest absolute Gasteiger partial charge is 0.228 e. The van der Waals surface area contributed by atoms with Gasteiger partial charge in [-0.2, -0.15) is 0 Å². The summed E-state index contributed by atoms with van der Waals surface area (Å²) in [5.41, 5.74) is 1.43. The Bertz CT molecular complexity index is 600. The largest absolute Gasteiger partial charge is 0.325 e. The molecule has 5 heteroatoms. The highest BCUT2D eigenvalue weighted by atomic mass is 35.5. The van der Waals surface area contributed by atoms with Gasteiger partial charge >= 0.3 is 0 Å². The van der Waals surface area contributed by atoms with Crippen molar-refractivity contribution < 1.29 is 4.79 Å². The molecule has 0 spiro atoms. The summed E-state index contributed by atoms with van der Waals surface area (Å²) in [5.74, 6) is -0.130. The van der Waals surface area contributed by atoms with Crippen LogP contribution in [0, 0.1) is 5.92 Å². The number of rotatable bonds is 4. The predicted molar refractivity (Wildman–Crippen MR) is 78.5 cm³/mol. The summed E-state index contributed by atoms with van der Waals surface area (Å²) in [7, 11) is 1.82. The van der Waals surface area contributed by atoms with Gasteiger partial charge in [0.15, 0.2) is 0 Å². The monoisotopic (exact) mass is 277 g/mol. The number of carbonyl (C=O) groups is 1. The fourth-order valence-corrected chi connectivity index (χ4v) is 2.12. The van der Waals surface area contributed by atoms with Crippen molar-refractivity contribution in [2.75, 3.05) is 18.9 Å². The highest BCUT2D eigenvalue weighted by Gasteiger charge is 2.14. The molecule has 0 aliphatic rings. The lowest BCUT2D eigenvalue weighted by Crippen LogP contribution is -2.28. The van der Waals surface area contributed by atoms with Crippen molar-refractivity contribution in [1.82, 2.24) is 10.3 Å². The standard InChI is InChI=1S/C14H16ClN3O/c1-9(8-16-2)14(19)18-12-6-5-11(15)13-10(12)4-3-7-17-13/h3-7,9,16H,8H2,1-2H3,(H,18,19). The van der Waals surface area contributed by atoms with Crippen LogP contribution in [0.2, 0.25) is 5.02 Å². The van der Waals surface area contributed by atoms with Crippen molar-refractivity contribution in [2.24, 2.45) is 5.92 Å². The molecule has 1 unspecified atom stereocenters. The first-order chi connectivity index (χ1) is 9.13. The number of pyridine rings is 1. The summed E-state index contributed by atoms with van der Waals surface area (Å²) in [5, 5.41) is 7.33. The van der Waals surface area contributed by atoms with Crippen molar-refractivity contribution >= 4 is 34.1 Å². The Labute approximate surface area is 117 Å². The maximum Gasteiger partial charge on any atom is 0.228 e. The van der Waals surface area contributed by atoms with E-state index in [2.05, 4.69) is 15.6 Å². The SMILES string of the molecule is CNCC(C)C(=O)Nc1ccc(Cl)c2ncccc12. The normalized spacial score (nSPS) is 12.4. The number of hydrogen-bond acceptors (Lipinski definition) is 3. The summed E-state index contributed by atoms with van der Waals surface area (Å²) in [4.78, 5) is 16.3. The van der Waals surface area contributed by atoms with E-state index in [1.165, 1.54) is 0 Å². The quantitative estimate of drug-likeness (QED) is 0.903. The molecular formula is C14H16ClN3O. The average Bonchev–Trinajstić information content (AvgIpc) is 2.42. The first-order valence-corrected chi connectivity index (χ1v) is 6.50. The Hall–Kier alpha value is -1.65. The Morgan fingerprint density at radius 3 is 2.95 bits per heavy atom. The predicted octanol–water partition coefficient (Wildman–Crippen LogP) is 2.68. The van der Waals surface area contributed by atoms with Gasteiger partial charge in [0.2, 0.25) is 5.91 Å². The van der Waals surface area contributed by atoms with Crippen LogP contribution in [-0.4, -0.2) is 24.5 Å². The Balaban J connectivity index is 2.31. The summed E-state index contributed by atoms with van der Waals surface area (Å²) in [6.45, 7) is 2.51. The zero-order valence-electron chi connectivity index (χ0n) is 10.9. The molecule has 0 fully saturated rings. The van der Waals surface area contributed by atoms with Crippen LogP contribution >= 0.6 is 11.6 Å². The third-order valence-corrected chi connectivity index (χ3v) is 3.24. The van der Waals surface area contributed by atoms with Crippen molar-refractivity contribution in [3.05, 3.63) is 35.5 Å². The van der Waals surface area contributed by atoms with Crippen molar-refractivity contribution in [3.8, 4) is 0 Å². The number of aromatic nitrogens is 1. The van der Waals surface area contributed by atoms with Crippen LogP contribution in [0.3, 0.4) is 0 Å². The van der Waals surface area contributed by atoms with Crippen LogP contribution in [0.4, 0.5) is 5.69 Å². The third kappa shape index (κ3) is 3.03. The van der Waals surface area contributed by atoms with Gasteiger partial charge in [-0.1, -0.05) is 18.5 Å². The number of anilines is 1. The molecule has 1 aromatic carbocycles. The average molecular weight is 278 g/mol. The van der Waals surface area contributed by atoms with Gasteiger partial charge in [-0.3, -0.25) is 9.78 Å². The van der Waals surface area contributed by atoms with Gasteiger partial charge in [-0.05, 0) is 31.3 Å². The summed E-state index contributed by atoms with van der Waals surface area (Å²) < 4.78 is 0. The molecule has 0 aliphatic heterocycles. The molecule has 4 nitrogen and oxygen atoms in total. The van der Waals surface area contributed by atoms with E-state index >= 15 is 0 Å². The minimum atomic E-state index is -0.104. The fraction of sp³-hybridized carbons (Fsp3) is 0.286. The molecule has 2 N–H and O–H groups in total. The van der Waals surface area contributed by atoms with E-state index in [9.17, 15) is 4.79 Å². The minimum absolute atomic E-state index is 0.0261. The van der Waals surface area contributed by atoms with Gasteiger partial charge in [-0.25, -0.2) is 0 Å². The molecule has 1 heterocycles. The second-order valence-corrected chi connectivity index (χ2v) is 4.85. The topological polar surface area (TPSA) is 54.0 Å². The first kappa shape index (κ1) is 13.8. The van der Waals surface area contributed by atoms with Crippen LogP contribution in [0.15, 0.2) is 30.5 Å². The molecule has 0 saturated carbocycles. The summed E-state index contributed by atoms with van der Waals surface area (Å²) in [6.07, 6.45) is 1.68. The summed E-state index contributed by atoms with van der Waals surface area (Å²) in [6, 6.07) is 7.27. The molecule has 2 aromatic rings. The number of hydrogen-bond donors (Lipinski definition) is 2. The van der Waals surface area contributed by atoms with Crippen LogP contribution in [-0.2, 0) is 4.79 Å². The molecule has 0 aliphatic carbocycles. The lowest BCUT2D eigenvalue weighted by Gasteiger charge is -2.13. The maximum atomic E-state index is 12.0. The number of benzene rings is 1. The maximum absolute atomic E-state index is 12.0. The van der Waals surface area contributed by atoms with Gasteiger partial charge in [0.05, 0.1) is 16.2 Å². The van der Waals surface area contributed by atoms with Gasteiger partial charge in [0.1, 0.15) is 0 Å². The fourth-order valence-electron chi connectivity index (χ4n) is 1.90. The van der Waals surface area contributed by atoms with Gasteiger partial charge in [0.25, 0.3) is 0 Å². The van der Waals surface area contributed by atoms with Gasteiger partial charge < -0.3 is 10.6 Å². The van der Waals surface area contributed by atoms with Gasteiger partial charge in [0, 0.05) is 24.0 Å². The third-order valence-electron chi connectivity index (χ3n) is 2.94. The molecule has 100 valence electrons. The van der Waals surface area contributed by atoms with Crippen molar-refractivity contribution in [1.29, 1.82) is 0 Å². The number of fused-ring (bicyclic) bond motifs is 1. The van der Waals surface area contributed by atoms with E-state index in [0.29, 0.717) is 17.1 Å². The number of halogens is 1. The van der Waals surface area contributed by atoms with E-state index in [4.69, 9.17) is 11.6 Å². The van der Waals surface area contributed by atoms with Crippen molar-refractivity contribution in [3.63, 3.8) is 0 Å². The minimum Gasteiger partial charge on any atom is -0.325 e. The Morgan fingerprint density at radius 2 is 2.21 bits per heavy atom. The van der Waals surface area contributed by atoms with Crippen LogP contribution in [0.1, 0.15) is 6.92 Å². The van der Waals surface area contributed by atoms with Crippen LogP contribution < -0.4 is 10.6 Å². The number of amides is 1. The van der Waals surface area contributed by atoms with E-state index in [1.807, 2.05) is 26.1 Å². The molecule has 2 rings (SSSR count).